The van der Waals surface area contributed by atoms with Crippen molar-refractivity contribution in [2.75, 3.05) is 6.61 Å². The van der Waals surface area contributed by atoms with Gasteiger partial charge in [0.05, 0.1) is 0 Å². The summed E-state index contributed by atoms with van der Waals surface area (Å²) in [7, 11) is 0. The minimum absolute atomic E-state index is 0.0433. The Bertz CT molecular complexity index is 381. The van der Waals surface area contributed by atoms with E-state index in [9.17, 15) is 0 Å². The molecule has 2 heteroatoms. The quantitative estimate of drug-likeness (QED) is 0.890. The molecule has 0 fully saturated rings. The lowest BCUT2D eigenvalue weighted by atomic mass is 9.88. The highest BCUT2D eigenvalue weighted by Crippen LogP contribution is 2.23. The second-order valence-corrected chi connectivity index (χ2v) is 7.66. The van der Waals surface area contributed by atoms with E-state index in [0.717, 1.165) is 12.2 Å². The van der Waals surface area contributed by atoms with Crippen molar-refractivity contribution >= 4 is 0 Å². The van der Waals surface area contributed by atoms with Crippen LogP contribution in [0.4, 0.5) is 0 Å². The Labute approximate surface area is 118 Å². The molecule has 1 unspecified atom stereocenters. The molecular weight excluding hydrogens is 234 g/mol. The van der Waals surface area contributed by atoms with Crippen molar-refractivity contribution in [3.63, 3.8) is 0 Å². The molecule has 0 spiro atoms. The average Bonchev–Trinajstić information content (AvgIpc) is 2.24. The molecule has 0 aliphatic heterocycles. The Balaban J connectivity index is 2.54. The van der Waals surface area contributed by atoms with Crippen molar-refractivity contribution in [3.05, 3.63) is 29.8 Å². The number of benzene rings is 1. The minimum atomic E-state index is 0.0433. The van der Waals surface area contributed by atoms with E-state index in [-0.39, 0.29) is 11.5 Å². The molecule has 1 aromatic rings. The van der Waals surface area contributed by atoms with Crippen LogP contribution >= 0.6 is 0 Å². The van der Waals surface area contributed by atoms with Crippen LogP contribution in [0.1, 0.15) is 47.1 Å². The van der Waals surface area contributed by atoms with Crippen LogP contribution in [0.15, 0.2) is 24.3 Å². The van der Waals surface area contributed by atoms with E-state index in [4.69, 9.17) is 10.5 Å². The summed E-state index contributed by atoms with van der Waals surface area (Å²) < 4.78 is 5.75. The Morgan fingerprint density at radius 1 is 1.00 bits per heavy atom. The van der Waals surface area contributed by atoms with Crippen molar-refractivity contribution in [2.24, 2.45) is 16.6 Å². The van der Waals surface area contributed by atoms with Crippen molar-refractivity contribution in [1.29, 1.82) is 0 Å². The number of rotatable bonds is 4. The summed E-state index contributed by atoms with van der Waals surface area (Å²) in [5.74, 6) is 0.900. The van der Waals surface area contributed by atoms with Gasteiger partial charge < -0.3 is 10.5 Å². The van der Waals surface area contributed by atoms with Gasteiger partial charge in [0.1, 0.15) is 12.4 Å². The van der Waals surface area contributed by atoms with Crippen molar-refractivity contribution in [3.8, 4) is 5.75 Å². The maximum atomic E-state index is 6.09. The van der Waals surface area contributed by atoms with Crippen LogP contribution in [-0.2, 0) is 6.42 Å². The molecule has 0 saturated heterocycles. The Morgan fingerprint density at radius 3 is 1.95 bits per heavy atom. The van der Waals surface area contributed by atoms with Crippen molar-refractivity contribution in [1.82, 2.24) is 0 Å². The molecular formula is C17H29NO. The molecule has 0 heterocycles. The van der Waals surface area contributed by atoms with E-state index in [1.54, 1.807) is 0 Å². The lowest BCUT2D eigenvalue weighted by Crippen LogP contribution is -2.40. The van der Waals surface area contributed by atoms with Crippen LogP contribution in [0.3, 0.4) is 0 Å². The first-order valence-electron chi connectivity index (χ1n) is 7.05. The Kier molecular flexibility index (Phi) is 5.03. The normalized spacial score (nSPS) is 14.3. The van der Waals surface area contributed by atoms with E-state index in [1.807, 2.05) is 12.1 Å². The van der Waals surface area contributed by atoms with E-state index in [1.165, 1.54) is 5.56 Å². The van der Waals surface area contributed by atoms with E-state index >= 15 is 0 Å². The summed E-state index contributed by atoms with van der Waals surface area (Å²) in [4.78, 5) is 0. The number of hydrogen-bond donors (Lipinski definition) is 1. The van der Waals surface area contributed by atoms with Gasteiger partial charge >= 0.3 is 0 Å². The van der Waals surface area contributed by atoms with Gasteiger partial charge in [-0.15, -0.1) is 0 Å². The molecule has 2 N–H and O–H groups in total. The monoisotopic (exact) mass is 263 g/mol. The van der Waals surface area contributed by atoms with Gasteiger partial charge in [0.25, 0.3) is 0 Å². The first kappa shape index (κ1) is 16.0. The summed E-state index contributed by atoms with van der Waals surface area (Å²) in [6.45, 7) is 13.7. The number of ether oxygens (including phenoxy) is 1. The van der Waals surface area contributed by atoms with E-state index in [2.05, 4.69) is 53.7 Å². The van der Waals surface area contributed by atoms with Gasteiger partial charge in [-0.1, -0.05) is 53.7 Å². The van der Waals surface area contributed by atoms with Gasteiger partial charge in [-0.2, -0.15) is 0 Å². The maximum Gasteiger partial charge on any atom is 0.119 e. The maximum absolute atomic E-state index is 6.09. The van der Waals surface area contributed by atoms with E-state index < -0.39 is 0 Å². The SMILES string of the molecule is CC(C)(C)Cc1ccc(OCC(N)C(C)(C)C)cc1. The lowest BCUT2D eigenvalue weighted by Gasteiger charge is -2.26. The Morgan fingerprint density at radius 2 is 1.53 bits per heavy atom. The highest BCUT2D eigenvalue weighted by Gasteiger charge is 2.21. The highest BCUT2D eigenvalue weighted by molar-refractivity contribution is 5.27. The molecule has 0 bridgehead atoms. The standard InChI is InChI=1S/C17H29NO/c1-16(2,3)11-13-7-9-14(10-8-13)19-12-15(18)17(4,5)6/h7-10,15H,11-12,18H2,1-6H3. The van der Waals surface area contributed by atoms with Gasteiger partial charge in [0.15, 0.2) is 0 Å². The third kappa shape index (κ3) is 6.11. The fourth-order valence-corrected chi connectivity index (χ4v) is 1.75. The predicted octanol–water partition coefficient (Wildman–Crippen LogP) is 4.03. The largest absolute Gasteiger partial charge is 0.492 e. The van der Waals surface area contributed by atoms with Crippen LogP contribution in [0.2, 0.25) is 0 Å². The highest BCUT2D eigenvalue weighted by atomic mass is 16.5. The minimum Gasteiger partial charge on any atom is -0.492 e. The summed E-state index contributed by atoms with van der Waals surface area (Å²) in [6, 6.07) is 8.40. The molecule has 0 aromatic heterocycles. The zero-order chi connectivity index (χ0) is 14.7. The summed E-state index contributed by atoms with van der Waals surface area (Å²) >= 11 is 0. The topological polar surface area (TPSA) is 35.2 Å². The summed E-state index contributed by atoms with van der Waals surface area (Å²) in [6.07, 6.45) is 1.08. The van der Waals surface area contributed by atoms with Crippen molar-refractivity contribution < 1.29 is 4.74 Å². The summed E-state index contributed by atoms with van der Waals surface area (Å²) in [5.41, 5.74) is 7.83. The molecule has 1 aromatic carbocycles. The van der Waals surface area contributed by atoms with Gasteiger partial charge in [-0.25, -0.2) is 0 Å². The van der Waals surface area contributed by atoms with Gasteiger partial charge in [0, 0.05) is 6.04 Å². The van der Waals surface area contributed by atoms with Crippen LogP contribution < -0.4 is 10.5 Å². The molecule has 0 aliphatic carbocycles. The summed E-state index contributed by atoms with van der Waals surface area (Å²) in [5, 5.41) is 0. The average molecular weight is 263 g/mol. The molecule has 1 rings (SSSR count). The van der Waals surface area contributed by atoms with Crippen LogP contribution in [0.5, 0.6) is 5.75 Å². The lowest BCUT2D eigenvalue weighted by molar-refractivity contribution is 0.205. The van der Waals surface area contributed by atoms with Gasteiger partial charge in [-0.3, -0.25) is 0 Å². The van der Waals surface area contributed by atoms with E-state index in [0.29, 0.717) is 12.0 Å². The second kappa shape index (κ2) is 5.96. The second-order valence-electron chi connectivity index (χ2n) is 7.66. The smallest absolute Gasteiger partial charge is 0.119 e. The first-order chi connectivity index (χ1) is 8.58. The Hall–Kier alpha value is -1.02. The third-order valence-electron chi connectivity index (χ3n) is 3.20. The zero-order valence-electron chi connectivity index (χ0n) is 13.3. The molecule has 1 atom stereocenters. The number of hydrogen-bond acceptors (Lipinski definition) is 2. The van der Waals surface area contributed by atoms with Gasteiger partial charge in [-0.05, 0) is 34.9 Å². The zero-order valence-corrected chi connectivity index (χ0v) is 13.3. The predicted molar refractivity (Wildman–Crippen MR) is 82.5 cm³/mol. The molecule has 0 radical (unpaired) electrons. The van der Waals surface area contributed by atoms with Crippen LogP contribution in [0.25, 0.3) is 0 Å². The molecule has 19 heavy (non-hydrogen) atoms. The van der Waals surface area contributed by atoms with Crippen LogP contribution in [0, 0.1) is 10.8 Å². The molecule has 0 saturated carbocycles. The van der Waals surface area contributed by atoms with Gasteiger partial charge in [0.2, 0.25) is 0 Å². The molecule has 0 amide bonds. The number of nitrogens with two attached hydrogens (primary N) is 1. The molecule has 2 nitrogen and oxygen atoms in total. The van der Waals surface area contributed by atoms with Crippen molar-refractivity contribution in [2.45, 2.75) is 54.0 Å². The first-order valence-corrected chi connectivity index (χ1v) is 7.05. The molecule has 108 valence electrons. The fourth-order valence-electron chi connectivity index (χ4n) is 1.75. The fraction of sp³-hybridized carbons (Fsp3) is 0.647. The molecule has 0 aliphatic rings. The van der Waals surface area contributed by atoms with Crippen LogP contribution in [-0.4, -0.2) is 12.6 Å². The third-order valence-corrected chi connectivity index (χ3v) is 3.20.